The second-order valence-corrected chi connectivity index (χ2v) is 23.0. The lowest BCUT2D eigenvalue weighted by atomic mass is 10.3. The predicted molar refractivity (Wildman–Crippen MR) is 358 cm³/mol. The zero-order chi connectivity index (χ0) is 68.9. The number of carbonyl (C=O) groups is 10. The maximum Gasteiger partial charge on any atom is 0.287 e. The lowest BCUT2D eigenvalue weighted by Crippen LogP contribution is -2.32. The summed E-state index contributed by atoms with van der Waals surface area (Å²) in [5, 5.41) is 27.5. The Morgan fingerprint density at radius 1 is 0.432 bits per heavy atom. The van der Waals surface area contributed by atoms with Gasteiger partial charge in [0, 0.05) is 145 Å². The SMILES string of the molecule is CNC(=O)CCCNC(=O)c1nc(NC(=O)c2cc(NC(=O)c3cc(NC(=O)c4cc5ncccc5n4C)cn3C)cn2C)cn1C.Cc1cc(C(=O)Nc2cc(C(=O)Nc3cc(C(=O)Nc4cc(C(=O)NCCC(=O)NCCCN(C)C)n(C)c4)n(C)c3)n(C)c2)n(C)c1. The first-order valence-electron chi connectivity index (χ1n) is 30.1. The first-order chi connectivity index (χ1) is 45.2. The number of imidazole rings is 1. The number of aromatic nitrogens is 10. The highest BCUT2D eigenvalue weighted by Crippen LogP contribution is 2.24. The van der Waals surface area contributed by atoms with Crippen molar-refractivity contribution in [3.05, 3.63) is 155 Å². The van der Waals surface area contributed by atoms with E-state index in [0.717, 1.165) is 24.0 Å². The summed E-state index contributed by atoms with van der Waals surface area (Å²) in [5.74, 6) is -3.27. The first-order valence-corrected chi connectivity index (χ1v) is 30.1. The van der Waals surface area contributed by atoms with Crippen molar-refractivity contribution in [2.24, 2.45) is 56.4 Å². The number of hydrogen-bond acceptors (Lipinski definition) is 13. The number of fused-ring (bicyclic) bond motifs is 1. The average molecular weight is 1300 g/mol. The molecule has 0 fully saturated rings. The van der Waals surface area contributed by atoms with Crippen molar-refractivity contribution in [3.8, 4) is 0 Å². The van der Waals surface area contributed by atoms with Gasteiger partial charge in [0.1, 0.15) is 39.9 Å². The quantitative estimate of drug-likeness (QED) is 0.0358. The van der Waals surface area contributed by atoms with Crippen molar-refractivity contribution in [3.63, 3.8) is 0 Å². The van der Waals surface area contributed by atoms with Crippen LogP contribution in [0.15, 0.2) is 104 Å². The van der Waals surface area contributed by atoms with Crippen LogP contribution in [0.25, 0.3) is 11.0 Å². The minimum atomic E-state index is -0.504. The molecule has 31 nitrogen and oxygen atoms in total. The van der Waals surface area contributed by atoms with Gasteiger partial charge < -0.3 is 94.6 Å². The van der Waals surface area contributed by atoms with Gasteiger partial charge >= 0.3 is 0 Å². The van der Waals surface area contributed by atoms with Crippen LogP contribution in [0.4, 0.5) is 34.3 Å². The summed E-state index contributed by atoms with van der Waals surface area (Å²) >= 11 is 0. The third kappa shape index (κ3) is 17.6. The maximum absolute atomic E-state index is 13.2. The summed E-state index contributed by atoms with van der Waals surface area (Å²) in [6, 6.07) is 14.9. The third-order valence-corrected chi connectivity index (χ3v) is 15.1. The van der Waals surface area contributed by atoms with Crippen LogP contribution in [0.5, 0.6) is 0 Å². The average Bonchev–Trinajstić information content (AvgIpc) is 1.67. The number of anilines is 6. The minimum absolute atomic E-state index is 0.0901. The number of pyridine rings is 1. The maximum atomic E-state index is 13.2. The number of nitrogens with one attached hydrogen (secondary N) is 10. The van der Waals surface area contributed by atoms with E-state index >= 15 is 0 Å². The van der Waals surface area contributed by atoms with Crippen molar-refractivity contribution < 1.29 is 47.9 Å². The molecular formula is C64H79N21O10. The molecule has 9 aromatic rings. The zero-order valence-electron chi connectivity index (χ0n) is 55.0. The van der Waals surface area contributed by atoms with Crippen LogP contribution >= 0.6 is 0 Å². The largest absolute Gasteiger partial charge is 0.359 e. The molecule has 0 saturated carbocycles. The summed E-state index contributed by atoms with van der Waals surface area (Å²) < 4.78 is 12.9. The molecule has 0 aliphatic rings. The molecule has 0 aliphatic heterocycles. The van der Waals surface area contributed by atoms with Gasteiger partial charge in [0.2, 0.25) is 17.6 Å². The lowest BCUT2D eigenvalue weighted by Gasteiger charge is -2.10. The topological polar surface area (TPSA) is 359 Å². The van der Waals surface area contributed by atoms with E-state index in [9.17, 15) is 47.9 Å². The highest BCUT2D eigenvalue weighted by Gasteiger charge is 2.24. The van der Waals surface area contributed by atoms with Crippen LogP contribution in [-0.4, -0.2) is 158 Å². The van der Waals surface area contributed by atoms with Gasteiger partial charge in [0.15, 0.2) is 5.82 Å². The van der Waals surface area contributed by atoms with Gasteiger partial charge in [-0.2, -0.15) is 0 Å². The molecule has 0 radical (unpaired) electrons. The van der Waals surface area contributed by atoms with E-state index < -0.39 is 29.5 Å². The van der Waals surface area contributed by atoms with Gasteiger partial charge in [0.25, 0.3) is 47.3 Å². The van der Waals surface area contributed by atoms with Crippen molar-refractivity contribution in [1.29, 1.82) is 0 Å². The number of aryl methyl sites for hydroxylation is 9. The molecule has 9 rings (SSSR count). The van der Waals surface area contributed by atoms with Gasteiger partial charge in [-0.3, -0.25) is 52.9 Å². The van der Waals surface area contributed by atoms with Crippen LogP contribution in [0, 0.1) is 6.92 Å². The van der Waals surface area contributed by atoms with Crippen LogP contribution in [0.2, 0.25) is 0 Å². The Labute approximate surface area is 546 Å². The highest BCUT2D eigenvalue weighted by atomic mass is 16.2. The van der Waals surface area contributed by atoms with E-state index in [1.54, 1.807) is 175 Å². The summed E-state index contributed by atoms with van der Waals surface area (Å²) in [6.07, 6.45) is 14.9. The molecule has 0 bridgehead atoms. The Balaban J connectivity index is 0.000000243. The van der Waals surface area contributed by atoms with Gasteiger partial charge in [-0.05, 0) is 101 Å². The number of nitrogens with zero attached hydrogens (tertiary/aromatic N) is 11. The molecular weight excluding hydrogens is 1220 g/mol. The monoisotopic (exact) mass is 1300 g/mol. The Morgan fingerprint density at radius 3 is 1.29 bits per heavy atom. The van der Waals surface area contributed by atoms with Gasteiger partial charge in [-0.15, -0.1) is 0 Å². The molecule has 31 heteroatoms. The Morgan fingerprint density at radius 2 is 0.853 bits per heavy atom. The highest BCUT2D eigenvalue weighted by molar-refractivity contribution is 6.11. The van der Waals surface area contributed by atoms with Crippen LogP contribution in [0.1, 0.15) is 115 Å². The van der Waals surface area contributed by atoms with Crippen molar-refractivity contribution in [1.82, 2.24) is 72.7 Å². The van der Waals surface area contributed by atoms with E-state index in [2.05, 4.69) is 63.1 Å². The summed E-state index contributed by atoms with van der Waals surface area (Å²) in [5.41, 5.74) is 6.87. The van der Waals surface area contributed by atoms with E-state index in [4.69, 9.17) is 0 Å². The molecule has 9 heterocycles. The molecule has 0 saturated heterocycles. The Bertz CT molecular complexity index is 4380. The standard InChI is InChI=1S/C33H44N10O5.C31H35N11O5/c1-21-13-25(40(4)17-21)31(46)36-23-15-27(42(6)19-23)33(48)38-24-16-28(43(7)20-24)32(47)37-22-14-26(41(5)18-22)30(45)35-11-9-29(44)34-10-8-12-39(2)3;1-32-26(43)9-7-11-34-31(47)27-37-25(17-41(27)4)38-29(45)23-13-18(15-40(23)3)35-28(44)22-12-19(16-39(22)2)36-30(46)24-14-20-21(42(24)5)8-6-10-33-20/h13-20H,8-12H2,1-7H3,(H,34,44)(H,35,45)(H,36,46)(H,37,47)(H,38,48);6,8,10,12-17H,7,9,11H2,1-5H3,(H,32,43)(H,34,47)(H,35,44)(H,36,46)(H,38,45). The summed E-state index contributed by atoms with van der Waals surface area (Å²) in [4.78, 5) is 137. The second kappa shape index (κ2) is 30.6. The van der Waals surface area contributed by atoms with Crippen LogP contribution < -0.4 is 53.2 Å². The molecule has 10 N–H and O–H groups in total. The van der Waals surface area contributed by atoms with E-state index in [1.165, 1.54) is 16.8 Å². The molecule has 0 aromatic carbocycles. The summed E-state index contributed by atoms with van der Waals surface area (Å²) in [6.45, 7) is 3.82. The van der Waals surface area contributed by atoms with Crippen molar-refractivity contribution >= 4 is 104 Å². The molecule has 0 aliphatic carbocycles. The number of amides is 10. The molecule has 95 heavy (non-hydrogen) atoms. The number of hydrogen-bond donors (Lipinski definition) is 10. The normalized spacial score (nSPS) is 11.0. The fourth-order valence-corrected chi connectivity index (χ4v) is 10.3. The van der Waals surface area contributed by atoms with Gasteiger partial charge in [-0.25, -0.2) is 4.98 Å². The van der Waals surface area contributed by atoms with Crippen LogP contribution in [0.3, 0.4) is 0 Å². The molecule has 0 unspecified atom stereocenters. The molecule has 500 valence electrons. The van der Waals surface area contributed by atoms with Gasteiger partial charge in [0.05, 0.1) is 39.5 Å². The molecule has 0 atom stereocenters. The third-order valence-electron chi connectivity index (χ3n) is 15.1. The van der Waals surface area contributed by atoms with E-state index in [0.29, 0.717) is 76.2 Å². The fraction of sp³-hybridized carbons (Fsp3) is 0.312. The minimum Gasteiger partial charge on any atom is -0.359 e. The Hall–Kier alpha value is -11.8. The lowest BCUT2D eigenvalue weighted by molar-refractivity contribution is -0.121. The Kier molecular flexibility index (Phi) is 22.3. The molecule has 10 amide bonds. The zero-order valence-corrected chi connectivity index (χ0v) is 55.0. The summed E-state index contributed by atoms with van der Waals surface area (Å²) in [7, 11) is 19.1. The van der Waals surface area contributed by atoms with Crippen molar-refractivity contribution in [2.45, 2.75) is 32.6 Å². The second-order valence-electron chi connectivity index (χ2n) is 23.0. The molecule has 0 spiro atoms. The van der Waals surface area contributed by atoms with Crippen LogP contribution in [-0.2, 0) is 66.0 Å². The first kappa shape index (κ1) is 69.1. The fourth-order valence-electron chi connectivity index (χ4n) is 10.3. The number of rotatable bonds is 25. The van der Waals surface area contributed by atoms with Crippen molar-refractivity contribution in [2.75, 3.05) is 79.2 Å². The molecule has 9 aromatic heterocycles. The predicted octanol–water partition coefficient (Wildman–Crippen LogP) is 4.29. The smallest absolute Gasteiger partial charge is 0.287 e. The van der Waals surface area contributed by atoms with E-state index in [-0.39, 0.29) is 77.6 Å². The van der Waals surface area contributed by atoms with Gasteiger partial charge in [-0.1, -0.05) is 0 Å². The van der Waals surface area contributed by atoms with E-state index in [1.807, 2.05) is 38.2 Å². The number of carbonyl (C=O) groups excluding carboxylic acids is 10.